The maximum Gasteiger partial charge on any atom is 0.307 e. The van der Waals surface area contributed by atoms with Crippen LogP contribution in [0, 0.1) is 21.7 Å². The summed E-state index contributed by atoms with van der Waals surface area (Å²) >= 11 is 7.82. The van der Waals surface area contributed by atoms with Crippen molar-refractivity contribution in [2.45, 2.75) is 0 Å². The van der Waals surface area contributed by atoms with Crippen molar-refractivity contribution in [1.29, 1.82) is 0 Å². The standard InChI is InChI=1S/C6HBrClF2NO2/c7-2-1-3(11(12)13)6(10)4(8)5(2)9/h1H. The Hall–Kier alpha value is -0.750. The smallest absolute Gasteiger partial charge is 0.258 e. The van der Waals surface area contributed by atoms with Crippen molar-refractivity contribution >= 4 is 33.2 Å². The lowest BCUT2D eigenvalue weighted by Gasteiger charge is -1.99. The molecule has 0 saturated heterocycles. The Balaban J connectivity index is 3.50. The topological polar surface area (TPSA) is 43.1 Å². The van der Waals surface area contributed by atoms with Crippen molar-refractivity contribution in [3.05, 3.63) is 37.3 Å². The molecule has 0 N–H and O–H groups in total. The second-order valence-corrected chi connectivity index (χ2v) is 3.31. The van der Waals surface area contributed by atoms with Crippen LogP contribution in [0.4, 0.5) is 14.5 Å². The maximum atomic E-state index is 12.9. The van der Waals surface area contributed by atoms with Crippen LogP contribution in [0.5, 0.6) is 0 Å². The van der Waals surface area contributed by atoms with E-state index in [1.807, 2.05) is 0 Å². The van der Waals surface area contributed by atoms with Gasteiger partial charge in [-0.3, -0.25) is 10.1 Å². The van der Waals surface area contributed by atoms with Gasteiger partial charge in [-0.05, 0) is 15.9 Å². The molecule has 0 saturated carbocycles. The number of nitrogens with zero attached hydrogens (tertiary/aromatic N) is 1. The molecule has 13 heavy (non-hydrogen) atoms. The van der Waals surface area contributed by atoms with Crippen LogP contribution in [0.15, 0.2) is 10.5 Å². The summed E-state index contributed by atoms with van der Waals surface area (Å²) in [6.45, 7) is 0. The second kappa shape index (κ2) is 3.55. The lowest BCUT2D eigenvalue weighted by atomic mass is 10.3. The number of halogens is 4. The van der Waals surface area contributed by atoms with Gasteiger partial charge in [0.1, 0.15) is 5.02 Å². The van der Waals surface area contributed by atoms with Gasteiger partial charge in [0.15, 0.2) is 5.82 Å². The fourth-order valence-electron chi connectivity index (χ4n) is 0.693. The third-order valence-corrected chi connectivity index (χ3v) is 2.19. The fraction of sp³-hybridized carbons (Fsp3) is 0. The first-order chi connectivity index (χ1) is 5.95. The predicted molar refractivity (Wildman–Crippen MR) is 45.7 cm³/mol. The normalized spacial score (nSPS) is 10.2. The molecule has 0 unspecified atom stereocenters. The quantitative estimate of drug-likeness (QED) is 0.341. The molecule has 0 amide bonds. The average molecular weight is 272 g/mol. The van der Waals surface area contributed by atoms with Crippen molar-refractivity contribution in [3.8, 4) is 0 Å². The number of rotatable bonds is 1. The van der Waals surface area contributed by atoms with E-state index >= 15 is 0 Å². The molecule has 0 spiro atoms. The highest BCUT2D eigenvalue weighted by Crippen LogP contribution is 2.32. The van der Waals surface area contributed by atoms with Gasteiger partial charge in [-0.25, -0.2) is 4.39 Å². The highest BCUT2D eigenvalue weighted by Gasteiger charge is 2.22. The van der Waals surface area contributed by atoms with Gasteiger partial charge in [0.25, 0.3) is 0 Å². The fourth-order valence-corrected chi connectivity index (χ4v) is 1.42. The first kappa shape index (κ1) is 10.3. The molecular weight excluding hydrogens is 271 g/mol. The molecule has 7 heteroatoms. The third kappa shape index (κ3) is 1.78. The number of benzene rings is 1. The maximum absolute atomic E-state index is 12.9. The molecule has 3 nitrogen and oxygen atoms in total. The van der Waals surface area contributed by atoms with Crippen LogP contribution in [-0.2, 0) is 0 Å². The summed E-state index contributed by atoms with van der Waals surface area (Å²) in [5.41, 5.74) is -0.863. The molecule has 0 aliphatic rings. The van der Waals surface area contributed by atoms with Crippen molar-refractivity contribution in [1.82, 2.24) is 0 Å². The Labute approximate surface area is 84.6 Å². The molecule has 70 valence electrons. The number of nitro groups is 1. The van der Waals surface area contributed by atoms with Gasteiger partial charge in [-0.1, -0.05) is 11.6 Å². The zero-order chi connectivity index (χ0) is 10.2. The van der Waals surface area contributed by atoms with E-state index in [2.05, 4.69) is 15.9 Å². The molecule has 0 radical (unpaired) electrons. The van der Waals surface area contributed by atoms with E-state index in [0.717, 1.165) is 6.07 Å². The molecule has 1 aromatic rings. The zero-order valence-corrected chi connectivity index (χ0v) is 8.19. The lowest BCUT2D eigenvalue weighted by Crippen LogP contribution is -1.95. The molecule has 0 aromatic heterocycles. The molecule has 0 fully saturated rings. The molecule has 0 aliphatic heterocycles. The first-order valence-electron chi connectivity index (χ1n) is 2.92. The first-order valence-corrected chi connectivity index (χ1v) is 4.09. The lowest BCUT2D eigenvalue weighted by molar-refractivity contribution is -0.387. The van der Waals surface area contributed by atoms with Gasteiger partial charge in [0, 0.05) is 6.07 Å². The Morgan fingerprint density at radius 2 is 2.00 bits per heavy atom. The van der Waals surface area contributed by atoms with Crippen LogP contribution in [0.25, 0.3) is 0 Å². The summed E-state index contributed by atoms with van der Waals surface area (Å²) in [6, 6.07) is 0.719. The molecule has 0 heterocycles. The summed E-state index contributed by atoms with van der Waals surface area (Å²) < 4.78 is 25.4. The summed E-state index contributed by atoms with van der Waals surface area (Å²) in [5, 5.41) is 9.31. The van der Waals surface area contributed by atoms with Crippen LogP contribution >= 0.6 is 27.5 Å². The number of hydrogen-bond donors (Lipinski definition) is 0. The SMILES string of the molecule is O=[N+]([O-])c1cc(Br)c(F)c(Cl)c1F. The monoisotopic (exact) mass is 271 g/mol. The van der Waals surface area contributed by atoms with E-state index in [1.165, 1.54) is 0 Å². The van der Waals surface area contributed by atoms with Crippen LogP contribution < -0.4 is 0 Å². The minimum Gasteiger partial charge on any atom is -0.258 e. The summed E-state index contributed by atoms with van der Waals surface area (Å²) in [6.07, 6.45) is 0. The van der Waals surface area contributed by atoms with Gasteiger partial charge >= 0.3 is 5.69 Å². The second-order valence-electron chi connectivity index (χ2n) is 2.08. The van der Waals surface area contributed by atoms with Crippen LogP contribution in [0.2, 0.25) is 5.02 Å². The van der Waals surface area contributed by atoms with E-state index in [4.69, 9.17) is 11.6 Å². The minimum absolute atomic E-state index is 0.245. The zero-order valence-electron chi connectivity index (χ0n) is 5.85. The molecular formula is C6HBrClF2NO2. The van der Waals surface area contributed by atoms with E-state index in [9.17, 15) is 18.9 Å². The van der Waals surface area contributed by atoms with Crippen molar-refractivity contribution in [2.75, 3.05) is 0 Å². The van der Waals surface area contributed by atoms with E-state index < -0.39 is 27.3 Å². The van der Waals surface area contributed by atoms with Gasteiger partial charge in [-0.2, -0.15) is 4.39 Å². The Morgan fingerprint density at radius 3 is 2.46 bits per heavy atom. The van der Waals surface area contributed by atoms with Gasteiger partial charge in [-0.15, -0.1) is 0 Å². The molecule has 1 rings (SSSR count). The molecule has 0 atom stereocenters. The Bertz CT molecular complexity index is 385. The average Bonchev–Trinajstić information content (AvgIpc) is 2.07. The van der Waals surface area contributed by atoms with Gasteiger partial charge < -0.3 is 0 Å². The van der Waals surface area contributed by atoms with E-state index in [1.54, 1.807) is 0 Å². The highest BCUT2D eigenvalue weighted by molar-refractivity contribution is 9.10. The minimum atomic E-state index is -1.37. The van der Waals surface area contributed by atoms with Crippen molar-refractivity contribution in [3.63, 3.8) is 0 Å². The van der Waals surface area contributed by atoms with Crippen LogP contribution in [0.1, 0.15) is 0 Å². The summed E-state index contributed by atoms with van der Waals surface area (Å²) in [4.78, 5) is 9.22. The van der Waals surface area contributed by atoms with Crippen LogP contribution in [-0.4, -0.2) is 4.92 Å². The predicted octanol–water partition coefficient (Wildman–Crippen LogP) is 3.29. The largest absolute Gasteiger partial charge is 0.307 e. The van der Waals surface area contributed by atoms with E-state index in [0.29, 0.717) is 0 Å². The number of nitro benzene ring substituents is 1. The highest BCUT2D eigenvalue weighted by atomic mass is 79.9. The number of hydrogen-bond acceptors (Lipinski definition) is 2. The van der Waals surface area contributed by atoms with Crippen LogP contribution in [0.3, 0.4) is 0 Å². The summed E-state index contributed by atoms with van der Waals surface area (Å²) in [5.74, 6) is -2.42. The van der Waals surface area contributed by atoms with Gasteiger partial charge in [0.05, 0.1) is 9.40 Å². The molecule has 1 aromatic carbocycles. The third-order valence-electron chi connectivity index (χ3n) is 1.28. The van der Waals surface area contributed by atoms with Crippen molar-refractivity contribution < 1.29 is 13.7 Å². The molecule has 0 aliphatic carbocycles. The van der Waals surface area contributed by atoms with Gasteiger partial charge in [0.2, 0.25) is 5.82 Å². The Morgan fingerprint density at radius 1 is 1.46 bits per heavy atom. The molecule has 0 bridgehead atoms. The van der Waals surface area contributed by atoms with Crippen molar-refractivity contribution in [2.24, 2.45) is 0 Å². The summed E-state index contributed by atoms with van der Waals surface area (Å²) in [7, 11) is 0. The Kier molecular flexibility index (Phi) is 2.82. The van der Waals surface area contributed by atoms with E-state index in [-0.39, 0.29) is 4.47 Å².